The maximum Gasteiger partial charge on any atom is 0.251 e. The lowest BCUT2D eigenvalue weighted by molar-refractivity contribution is 0.0954. The first-order valence-electron chi connectivity index (χ1n) is 7.77. The van der Waals surface area contributed by atoms with Crippen molar-refractivity contribution in [2.45, 2.75) is 6.42 Å². The lowest BCUT2D eigenvalue weighted by Crippen LogP contribution is -2.25. The number of aromatic amines is 1. The van der Waals surface area contributed by atoms with E-state index < -0.39 is 0 Å². The molecule has 0 radical (unpaired) electrons. The predicted molar refractivity (Wildman–Crippen MR) is 98.7 cm³/mol. The minimum Gasteiger partial charge on any atom is -0.378 e. The van der Waals surface area contributed by atoms with Gasteiger partial charge in [0.05, 0.1) is 11.2 Å². The van der Waals surface area contributed by atoms with E-state index >= 15 is 0 Å². The normalized spacial score (nSPS) is 10.6. The van der Waals surface area contributed by atoms with Crippen LogP contribution in [-0.4, -0.2) is 36.5 Å². The summed E-state index contributed by atoms with van der Waals surface area (Å²) in [5.41, 5.74) is 3.75. The third-order valence-electron chi connectivity index (χ3n) is 3.78. The Bertz CT molecular complexity index is 791. The Labute approximate surface area is 145 Å². The second kappa shape index (κ2) is 7.31. The topological polar surface area (TPSA) is 61.0 Å². The number of anilines is 1. The van der Waals surface area contributed by atoms with Gasteiger partial charge in [0.25, 0.3) is 5.91 Å². The number of benzene rings is 1. The molecule has 0 aliphatic rings. The van der Waals surface area contributed by atoms with Crippen LogP contribution in [0.2, 0.25) is 0 Å². The van der Waals surface area contributed by atoms with E-state index in [2.05, 4.69) is 21.4 Å². The quantitative estimate of drug-likeness (QED) is 0.724. The van der Waals surface area contributed by atoms with E-state index in [1.807, 2.05) is 54.7 Å². The van der Waals surface area contributed by atoms with Crippen LogP contribution in [-0.2, 0) is 6.42 Å². The molecule has 0 bridgehead atoms. The van der Waals surface area contributed by atoms with Gasteiger partial charge in [-0.25, -0.2) is 4.98 Å². The van der Waals surface area contributed by atoms with E-state index in [1.54, 1.807) is 17.7 Å². The molecule has 2 aromatic heterocycles. The molecule has 0 unspecified atom stereocenters. The fraction of sp³-hybridized carbons (Fsp3) is 0.222. The van der Waals surface area contributed by atoms with Gasteiger partial charge in [0.15, 0.2) is 0 Å². The maximum atomic E-state index is 12.2. The van der Waals surface area contributed by atoms with Crippen LogP contribution < -0.4 is 10.2 Å². The molecule has 0 atom stereocenters. The Morgan fingerprint density at radius 2 is 2.04 bits per heavy atom. The molecule has 0 saturated heterocycles. The largest absolute Gasteiger partial charge is 0.378 e. The molecule has 6 heteroatoms. The molecule has 0 fully saturated rings. The second-order valence-corrected chi connectivity index (χ2v) is 6.60. The summed E-state index contributed by atoms with van der Waals surface area (Å²) in [5, 5.41) is 5.00. The molecule has 0 spiro atoms. The summed E-state index contributed by atoms with van der Waals surface area (Å²) in [6.45, 7) is 0.564. The number of hydrogen-bond acceptors (Lipinski definition) is 4. The zero-order chi connectivity index (χ0) is 16.9. The number of imidazole rings is 1. The van der Waals surface area contributed by atoms with Gasteiger partial charge in [-0.05, 0) is 35.7 Å². The molecule has 2 N–H and O–H groups in total. The summed E-state index contributed by atoms with van der Waals surface area (Å²) < 4.78 is 0. The number of rotatable bonds is 6. The van der Waals surface area contributed by atoms with Gasteiger partial charge in [0.1, 0.15) is 5.69 Å². The van der Waals surface area contributed by atoms with E-state index in [4.69, 9.17) is 0 Å². The molecule has 0 aliphatic heterocycles. The van der Waals surface area contributed by atoms with E-state index in [1.165, 1.54) is 0 Å². The van der Waals surface area contributed by atoms with Crippen molar-refractivity contribution in [1.82, 2.24) is 15.3 Å². The molecule has 24 heavy (non-hydrogen) atoms. The SMILES string of the molecule is CN(C)c1ccc(C(=O)NCCc2[nH]cnc2-c2cccs2)cc1. The summed E-state index contributed by atoms with van der Waals surface area (Å²) in [7, 11) is 3.95. The van der Waals surface area contributed by atoms with E-state index in [0.29, 0.717) is 12.1 Å². The van der Waals surface area contributed by atoms with Crippen molar-refractivity contribution < 1.29 is 4.79 Å². The lowest BCUT2D eigenvalue weighted by Gasteiger charge is -2.12. The minimum absolute atomic E-state index is 0.0579. The Kier molecular flexibility index (Phi) is 4.96. The molecule has 0 aliphatic carbocycles. The molecule has 3 rings (SSSR count). The maximum absolute atomic E-state index is 12.2. The van der Waals surface area contributed by atoms with Gasteiger partial charge < -0.3 is 15.2 Å². The number of aromatic nitrogens is 2. The van der Waals surface area contributed by atoms with Gasteiger partial charge in [0.2, 0.25) is 0 Å². The molecule has 2 heterocycles. The van der Waals surface area contributed by atoms with Crippen molar-refractivity contribution >= 4 is 22.9 Å². The molecule has 1 aromatic carbocycles. The van der Waals surface area contributed by atoms with Crippen molar-refractivity contribution in [2.75, 3.05) is 25.5 Å². The molecule has 3 aromatic rings. The summed E-state index contributed by atoms with van der Waals surface area (Å²) in [6, 6.07) is 11.6. The molecule has 1 amide bonds. The molecule has 0 saturated carbocycles. The highest BCUT2D eigenvalue weighted by Gasteiger charge is 2.10. The highest BCUT2D eigenvalue weighted by Crippen LogP contribution is 2.25. The molecule has 5 nitrogen and oxygen atoms in total. The Hall–Kier alpha value is -2.60. The number of H-pyrrole nitrogens is 1. The zero-order valence-electron chi connectivity index (χ0n) is 13.7. The van der Waals surface area contributed by atoms with Gasteiger partial charge in [-0.15, -0.1) is 11.3 Å². The van der Waals surface area contributed by atoms with Gasteiger partial charge >= 0.3 is 0 Å². The predicted octanol–water partition coefficient (Wildman–Crippen LogP) is 3.18. The first-order chi connectivity index (χ1) is 11.6. The number of nitrogens with zero attached hydrogens (tertiary/aromatic N) is 2. The smallest absolute Gasteiger partial charge is 0.251 e. The van der Waals surface area contributed by atoms with Crippen LogP contribution in [0.15, 0.2) is 48.1 Å². The standard InChI is InChI=1S/C18H20N4OS/c1-22(2)14-7-5-13(6-8-14)18(23)19-10-9-15-17(21-12-20-15)16-4-3-11-24-16/h3-8,11-12H,9-10H2,1-2H3,(H,19,23)(H,20,21). The number of amides is 1. The summed E-state index contributed by atoms with van der Waals surface area (Å²) >= 11 is 1.66. The van der Waals surface area contributed by atoms with Gasteiger partial charge in [-0.3, -0.25) is 4.79 Å². The second-order valence-electron chi connectivity index (χ2n) is 5.65. The molecule has 124 valence electrons. The van der Waals surface area contributed by atoms with Crippen molar-refractivity contribution in [1.29, 1.82) is 0 Å². The fourth-order valence-electron chi connectivity index (χ4n) is 2.45. The van der Waals surface area contributed by atoms with Gasteiger partial charge in [0, 0.05) is 44.0 Å². The van der Waals surface area contributed by atoms with Crippen molar-refractivity contribution in [3.8, 4) is 10.6 Å². The third-order valence-corrected chi connectivity index (χ3v) is 4.66. The summed E-state index contributed by atoms with van der Waals surface area (Å²) in [5.74, 6) is -0.0579. The number of thiophene rings is 1. The zero-order valence-corrected chi connectivity index (χ0v) is 14.6. The van der Waals surface area contributed by atoms with Gasteiger partial charge in [-0.1, -0.05) is 6.07 Å². The average Bonchev–Trinajstić information content (AvgIpc) is 3.25. The summed E-state index contributed by atoms with van der Waals surface area (Å²) in [4.78, 5) is 22.9. The number of carbonyl (C=O) groups is 1. The lowest BCUT2D eigenvalue weighted by atomic mass is 10.1. The van der Waals surface area contributed by atoms with E-state index in [9.17, 15) is 4.79 Å². The monoisotopic (exact) mass is 340 g/mol. The fourth-order valence-corrected chi connectivity index (χ4v) is 3.20. The third kappa shape index (κ3) is 3.65. The number of carbonyl (C=O) groups excluding carboxylic acids is 1. The van der Waals surface area contributed by atoms with Crippen LogP contribution in [0.25, 0.3) is 10.6 Å². The van der Waals surface area contributed by atoms with Crippen LogP contribution >= 0.6 is 11.3 Å². The Morgan fingerprint density at radius 3 is 2.71 bits per heavy atom. The number of hydrogen-bond donors (Lipinski definition) is 2. The van der Waals surface area contributed by atoms with Crippen molar-refractivity contribution in [3.63, 3.8) is 0 Å². The Balaban J connectivity index is 1.57. The van der Waals surface area contributed by atoms with E-state index in [0.717, 1.165) is 28.4 Å². The average molecular weight is 340 g/mol. The molecular formula is C18H20N4OS. The van der Waals surface area contributed by atoms with Crippen LogP contribution in [0, 0.1) is 0 Å². The Morgan fingerprint density at radius 1 is 1.25 bits per heavy atom. The minimum atomic E-state index is -0.0579. The van der Waals surface area contributed by atoms with Gasteiger partial charge in [-0.2, -0.15) is 0 Å². The van der Waals surface area contributed by atoms with Crippen molar-refractivity contribution in [2.24, 2.45) is 0 Å². The van der Waals surface area contributed by atoms with Crippen LogP contribution in [0.3, 0.4) is 0 Å². The highest BCUT2D eigenvalue weighted by atomic mass is 32.1. The first kappa shape index (κ1) is 16.3. The molecular weight excluding hydrogens is 320 g/mol. The highest BCUT2D eigenvalue weighted by molar-refractivity contribution is 7.13. The van der Waals surface area contributed by atoms with E-state index in [-0.39, 0.29) is 5.91 Å². The first-order valence-corrected chi connectivity index (χ1v) is 8.65. The summed E-state index contributed by atoms with van der Waals surface area (Å²) in [6.07, 6.45) is 2.42. The van der Waals surface area contributed by atoms with Crippen LogP contribution in [0.4, 0.5) is 5.69 Å². The number of nitrogens with one attached hydrogen (secondary N) is 2. The van der Waals surface area contributed by atoms with Crippen LogP contribution in [0.1, 0.15) is 16.1 Å². The van der Waals surface area contributed by atoms with Crippen molar-refractivity contribution in [3.05, 3.63) is 59.4 Å². The van der Waals surface area contributed by atoms with Crippen LogP contribution in [0.5, 0.6) is 0 Å².